The molecule has 4 aromatic rings. The Hall–Kier alpha value is -3.40. The average molecular weight is 440 g/mol. The fraction of sp³-hybridized carbons (Fsp3) is 0.238. The van der Waals surface area contributed by atoms with Crippen molar-refractivity contribution in [1.29, 1.82) is 0 Å². The number of halogens is 2. The number of anilines is 2. The van der Waals surface area contributed by atoms with Crippen molar-refractivity contribution in [2.24, 2.45) is 0 Å². The summed E-state index contributed by atoms with van der Waals surface area (Å²) in [6.07, 6.45) is 3.37. The monoisotopic (exact) mass is 440 g/mol. The van der Waals surface area contributed by atoms with Crippen LogP contribution in [0.25, 0.3) is 10.2 Å². The SMILES string of the molecule is O=c1ccc(N2CCN(c3nc4c(F)cc(F)cc4s3)CC2)nn1Cc1ccncc1. The van der Waals surface area contributed by atoms with Gasteiger partial charge in [-0.2, -0.15) is 5.10 Å². The lowest BCUT2D eigenvalue weighted by atomic mass is 10.3. The molecule has 3 aromatic heterocycles. The van der Waals surface area contributed by atoms with Gasteiger partial charge in [-0.3, -0.25) is 9.78 Å². The van der Waals surface area contributed by atoms with Crippen molar-refractivity contribution in [3.8, 4) is 0 Å². The first-order valence-electron chi connectivity index (χ1n) is 9.79. The van der Waals surface area contributed by atoms with Gasteiger partial charge in [-0.25, -0.2) is 18.4 Å². The first-order valence-corrected chi connectivity index (χ1v) is 10.6. The van der Waals surface area contributed by atoms with Gasteiger partial charge >= 0.3 is 0 Å². The molecule has 0 spiro atoms. The summed E-state index contributed by atoms with van der Waals surface area (Å²) < 4.78 is 29.4. The lowest BCUT2D eigenvalue weighted by Crippen LogP contribution is -2.47. The summed E-state index contributed by atoms with van der Waals surface area (Å²) in [5, 5.41) is 5.21. The van der Waals surface area contributed by atoms with Crippen LogP contribution in [0.4, 0.5) is 19.7 Å². The standard InChI is InChI=1S/C21H18F2N6OS/c22-15-11-16(23)20-17(12-15)31-21(25-20)28-9-7-27(8-10-28)18-1-2-19(30)29(26-18)13-14-3-5-24-6-4-14/h1-6,11-12H,7-10,13H2. The minimum absolute atomic E-state index is 0.164. The lowest BCUT2D eigenvalue weighted by molar-refractivity contribution is 0.590. The summed E-state index contributed by atoms with van der Waals surface area (Å²) in [5.74, 6) is -0.513. The Morgan fingerprint density at radius 3 is 2.48 bits per heavy atom. The van der Waals surface area contributed by atoms with Crippen LogP contribution in [0.15, 0.2) is 53.6 Å². The van der Waals surface area contributed by atoms with Crippen LogP contribution in [0, 0.1) is 11.6 Å². The van der Waals surface area contributed by atoms with E-state index in [0.717, 1.165) is 17.4 Å². The van der Waals surface area contributed by atoms with Gasteiger partial charge in [0.25, 0.3) is 5.56 Å². The van der Waals surface area contributed by atoms with Crippen molar-refractivity contribution in [1.82, 2.24) is 19.7 Å². The largest absolute Gasteiger partial charge is 0.352 e. The molecule has 0 radical (unpaired) electrons. The second-order valence-electron chi connectivity index (χ2n) is 7.25. The van der Waals surface area contributed by atoms with Crippen LogP contribution in [0.5, 0.6) is 0 Å². The predicted molar refractivity (Wildman–Crippen MR) is 116 cm³/mol. The van der Waals surface area contributed by atoms with E-state index in [1.807, 2.05) is 12.1 Å². The number of hydrogen-bond acceptors (Lipinski definition) is 7. The van der Waals surface area contributed by atoms with E-state index in [-0.39, 0.29) is 11.1 Å². The minimum Gasteiger partial charge on any atom is -0.352 e. The van der Waals surface area contributed by atoms with Crippen molar-refractivity contribution in [2.45, 2.75) is 6.54 Å². The molecule has 0 bridgehead atoms. The Morgan fingerprint density at radius 2 is 1.71 bits per heavy atom. The maximum absolute atomic E-state index is 14.0. The van der Waals surface area contributed by atoms with Gasteiger partial charge in [0, 0.05) is 50.7 Å². The topological polar surface area (TPSA) is 67.2 Å². The average Bonchev–Trinajstić information content (AvgIpc) is 3.21. The molecule has 0 atom stereocenters. The summed E-state index contributed by atoms with van der Waals surface area (Å²) in [6, 6.07) is 9.14. The van der Waals surface area contributed by atoms with Gasteiger partial charge in [-0.15, -0.1) is 0 Å². The third kappa shape index (κ3) is 3.98. The molecule has 10 heteroatoms. The quantitative estimate of drug-likeness (QED) is 0.486. The minimum atomic E-state index is -0.642. The molecule has 0 N–H and O–H groups in total. The molecule has 1 aliphatic heterocycles. The number of thiazole rings is 1. The van der Waals surface area contributed by atoms with Crippen LogP contribution in [0.1, 0.15) is 5.56 Å². The number of benzene rings is 1. The molecule has 4 heterocycles. The van der Waals surface area contributed by atoms with E-state index < -0.39 is 11.6 Å². The first-order chi connectivity index (χ1) is 15.1. The van der Waals surface area contributed by atoms with E-state index in [1.54, 1.807) is 18.5 Å². The van der Waals surface area contributed by atoms with Gasteiger partial charge < -0.3 is 9.80 Å². The van der Waals surface area contributed by atoms with Crippen molar-refractivity contribution in [3.05, 3.63) is 76.3 Å². The van der Waals surface area contributed by atoms with E-state index >= 15 is 0 Å². The summed E-state index contributed by atoms with van der Waals surface area (Å²) in [7, 11) is 0. The molecular weight excluding hydrogens is 422 g/mol. The molecular formula is C21H18F2N6OS. The molecule has 0 amide bonds. The van der Waals surface area contributed by atoms with Crippen LogP contribution in [0.2, 0.25) is 0 Å². The van der Waals surface area contributed by atoms with Crippen LogP contribution in [0.3, 0.4) is 0 Å². The Labute approximate surface area is 180 Å². The molecule has 7 nitrogen and oxygen atoms in total. The van der Waals surface area contributed by atoms with Crippen LogP contribution < -0.4 is 15.4 Å². The molecule has 1 fully saturated rings. The summed E-state index contributed by atoms with van der Waals surface area (Å²) in [6.45, 7) is 3.05. The van der Waals surface area contributed by atoms with E-state index in [2.05, 4.69) is 24.9 Å². The molecule has 1 saturated heterocycles. The highest BCUT2D eigenvalue weighted by Gasteiger charge is 2.22. The highest BCUT2D eigenvalue weighted by Crippen LogP contribution is 2.31. The third-order valence-corrected chi connectivity index (χ3v) is 6.27. The summed E-state index contributed by atoms with van der Waals surface area (Å²) in [4.78, 5) is 24.7. The molecule has 0 unspecified atom stereocenters. The van der Waals surface area contributed by atoms with E-state index in [0.29, 0.717) is 42.6 Å². The fourth-order valence-corrected chi connectivity index (χ4v) is 4.65. The molecule has 1 aromatic carbocycles. The Morgan fingerprint density at radius 1 is 0.968 bits per heavy atom. The normalized spacial score (nSPS) is 14.4. The summed E-state index contributed by atoms with van der Waals surface area (Å²) in [5.41, 5.74) is 0.989. The predicted octanol–water partition coefficient (Wildman–Crippen LogP) is 2.90. The van der Waals surface area contributed by atoms with Crippen molar-refractivity contribution in [3.63, 3.8) is 0 Å². The smallest absolute Gasteiger partial charge is 0.267 e. The van der Waals surface area contributed by atoms with E-state index in [9.17, 15) is 13.6 Å². The van der Waals surface area contributed by atoms with E-state index in [1.165, 1.54) is 28.2 Å². The van der Waals surface area contributed by atoms with Gasteiger partial charge in [-0.05, 0) is 29.8 Å². The van der Waals surface area contributed by atoms with Crippen molar-refractivity contribution in [2.75, 3.05) is 36.0 Å². The second-order valence-corrected chi connectivity index (χ2v) is 8.26. The maximum atomic E-state index is 14.0. The molecule has 0 aliphatic carbocycles. The van der Waals surface area contributed by atoms with Gasteiger partial charge in [0.1, 0.15) is 17.2 Å². The number of piperazine rings is 1. The Balaban J connectivity index is 1.31. The highest BCUT2D eigenvalue weighted by molar-refractivity contribution is 7.22. The lowest BCUT2D eigenvalue weighted by Gasteiger charge is -2.35. The molecule has 158 valence electrons. The number of pyridine rings is 1. The van der Waals surface area contributed by atoms with Crippen LogP contribution in [-0.4, -0.2) is 45.9 Å². The molecule has 31 heavy (non-hydrogen) atoms. The number of rotatable bonds is 4. The fourth-order valence-electron chi connectivity index (χ4n) is 3.59. The second kappa shape index (κ2) is 8.03. The molecule has 5 rings (SSSR count). The van der Waals surface area contributed by atoms with Crippen LogP contribution >= 0.6 is 11.3 Å². The number of nitrogens with zero attached hydrogens (tertiary/aromatic N) is 6. The number of hydrogen-bond donors (Lipinski definition) is 0. The molecule has 0 saturated carbocycles. The zero-order chi connectivity index (χ0) is 21.4. The zero-order valence-electron chi connectivity index (χ0n) is 16.4. The van der Waals surface area contributed by atoms with E-state index in [4.69, 9.17) is 0 Å². The van der Waals surface area contributed by atoms with Gasteiger partial charge in [0.05, 0.1) is 11.2 Å². The zero-order valence-corrected chi connectivity index (χ0v) is 17.2. The summed E-state index contributed by atoms with van der Waals surface area (Å²) >= 11 is 1.28. The molecule has 1 aliphatic rings. The number of fused-ring (bicyclic) bond motifs is 1. The third-order valence-electron chi connectivity index (χ3n) is 5.21. The number of aromatic nitrogens is 4. The van der Waals surface area contributed by atoms with Gasteiger partial charge in [-0.1, -0.05) is 11.3 Å². The van der Waals surface area contributed by atoms with Crippen LogP contribution in [-0.2, 0) is 6.54 Å². The Kier molecular flexibility index (Phi) is 5.06. The highest BCUT2D eigenvalue weighted by atomic mass is 32.1. The maximum Gasteiger partial charge on any atom is 0.267 e. The van der Waals surface area contributed by atoms with Gasteiger partial charge in [0.2, 0.25) is 0 Å². The van der Waals surface area contributed by atoms with Crippen molar-refractivity contribution < 1.29 is 8.78 Å². The van der Waals surface area contributed by atoms with Gasteiger partial charge in [0.15, 0.2) is 10.9 Å². The first kappa shape index (κ1) is 19.6. The Bertz CT molecular complexity index is 1280. The van der Waals surface area contributed by atoms with Crippen molar-refractivity contribution >= 4 is 32.5 Å².